The molecule has 2 aliphatic rings. The first-order chi connectivity index (χ1) is 15.0. The molecule has 4 rings (SSSR count). The molecule has 0 aliphatic carbocycles. The highest BCUT2D eigenvalue weighted by molar-refractivity contribution is 7.18. The van der Waals surface area contributed by atoms with Crippen LogP contribution in [0.25, 0.3) is 10.6 Å². The van der Waals surface area contributed by atoms with Gasteiger partial charge in [-0.3, -0.25) is 10.0 Å². The number of hydrogen-bond acceptors (Lipinski definition) is 7. The van der Waals surface area contributed by atoms with Gasteiger partial charge in [0, 0.05) is 30.8 Å². The zero-order chi connectivity index (χ0) is 23.2. The van der Waals surface area contributed by atoms with Crippen LogP contribution in [0.2, 0.25) is 5.02 Å². The van der Waals surface area contributed by atoms with Crippen molar-refractivity contribution in [1.29, 1.82) is 0 Å². The van der Waals surface area contributed by atoms with Crippen LogP contribution in [0.4, 0.5) is 9.93 Å². The van der Waals surface area contributed by atoms with Crippen molar-refractivity contribution in [3.05, 3.63) is 34.5 Å². The molecule has 8 nitrogen and oxygen atoms in total. The van der Waals surface area contributed by atoms with Crippen molar-refractivity contribution in [2.75, 3.05) is 24.6 Å². The van der Waals surface area contributed by atoms with Gasteiger partial charge >= 0.3 is 6.09 Å². The number of carboxylic acid groups (broad SMARTS) is 1. The highest BCUT2D eigenvalue weighted by Gasteiger charge is 2.41. The predicted molar refractivity (Wildman–Crippen MR) is 126 cm³/mol. The van der Waals surface area contributed by atoms with Gasteiger partial charge in [0.1, 0.15) is 10.8 Å². The molecule has 1 N–H and O–H groups in total. The van der Waals surface area contributed by atoms with E-state index >= 15 is 0 Å². The Morgan fingerprint density at radius 3 is 2.62 bits per heavy atom. The average molecular weight is 478 g/mol. The maximum absolute atomic E-state index is 11.5. The van der Waals surface area contributed by atoms with E-state index in [0.29, 0.717) is 36.8 Å². The molecule has 2 aromatic rings. The summed E-state index contributed by atoms with van der Waals surface area (Å²) in [6.45, 7) is 11.9. The predicted octanol–water partition coefficient (Wildman–Crippen LogP) is 5.12. The van der Waals surface area contributed by atoms with Crippen molar-refractivity contribution in [3.63, 3.8) is 0 Å². The van der Waals surface area contributed by atoms with Crippen LogP contribution in [0.5, 0.6) is 5.75 Å². The van der Waals surface area contributed by atoms with Crippen molar-refractivity contribution in [2.24, 2.45) is 0 Å². The number of rotatable bonds is 4. The normalized spacial score (nSPS) is 16.8. The van der Waals surface area contributed by atoms with Gasteiger partial charge < -0.3 is 14.7 Å². The summed E-state index contributed by atoms with van der Waals surface area (Å²) in [5.74, 6) is 0.647. The summed E-state index contributed by atoms with van der Waals surface area (Å²) in [4.78, 5) is 12.9. The molecule has 10 heteroatoms. The van der Waals surface area contributed by atoms with E-state index in [2.05, 4.69) is 41.0 Å². The Morgan fingerprint density at radius 1 is 1.25 bits per heavy atom. The van der Waals surface area contributed by atoms with E-state index in [4.69, 9.17) is 16.3 Å². The van der Waals surface area contributed by atoms with Gasteiger partial charge in [-0.25, -0.2) is 4.79 Å². The van der Waals surface area contributed by atoms with E-state index in [1.54, 1.807) is 0 Å². The Kier molecular flexibility index (Phi) is 5.98. The third-order valence-electron chi connectivity index (χ3n) is 5.33. The molecule has 2 aliphatic heterocycles. The minimum Gasteiger partial charge on any atom is -0.489 e. The van der Waals surface area contributed by atoms with Gasteiger partial charge in [-0.05, 0) is 58.4 Å². The second-order valence-corrected chi connectivity index (χ2v) is 10.6. The summed E-state index contributed by atoms with van der Waals surface area (Å²) in [7, 11) is 0. The van der Waals surface area contributed by atoms with Crippen molar-refractivity contribution >= 4 is 34.2 Å². The SMILES string of the molecule is CC(C)Oc1ccc(-c2nnc(N3CC4=C(CCN(C(=O)O)C4)N3C(C)(C)C)s2)cc1Cl. The summed E-state index contributed by atoms with van der Waals surface area (Å²) >= 11 is 7.91. The van der Waals surface area contributed by atoms with Gasteiger partial charge in [-0.15, -0.1) is 10.2 Å². The average Bonchev–Trinajstić information content (AvgIpc) is 3.32. The summed E-state index contributed by atoms with van der Waals surface area (Å²) in [6.07, 6.45) is -0.147. The lowest BCUT2D eigenvalue weighted by Crippen LogP contribution is -2.49. The van der Waals surface area contributed by atoms with Crippen LogP contribution >= 0.6 is 22.9 Å². The van der Waals surface area contributed by atoms with Crippen molar-refractivity contribution in [1.82, 2.24) is 20.1 Å². The van der Waals surface area contributed by atoms with E-state index < -0.39 is 6.09 Å². The summed E-state index contributed by atoms with van der Waals surface area (Å²) < 4.78 is 5.72. The first-order valence-electron chi connectivity index (χ1n) is 10.6. The molecular formula is C22H28ClN5O3S. The number of carbonyl (C=O) groups is 1. The number of ether oxygens (including phenoxy) is 1. The monoisotopic (exact) mass is 477 g/mol. The molecule has 3 heterocycles. The van der Waals surface area contributed by atoms with Crippen LogP contribution in [0, 0.1) is 0 Å². The number of nitrogens with zero attached hydrogens (tertiary/aromatic N) is 5. The van der Waals surface area contributed by atoms with E-state index in [9.17, 15) is 9.90 Å². The summed E-state index contributed by atoms with van der Waals surface area (Å²) in [5, 5.41) is 24.8. The molecule has 0 bridgehead atoms. The Hall–Kier alpha value is -2.52. The first-order valence-corrected chi connectivity index (χ1v) is 11.8. The van der Waals surface area contributed by atoms with Gasteiger partial charge in [0.25, 0.3) is 0 Å². The Morgan fingerprint density at radius 2 is 2.00 bits per heavy atom. The summed E-state index contributed by atoms with van der Waals surface area (Å²) in [5.41, 5.74) is 2.99. The lowest BCUT2D eigenvalue weighted by atomic mass is 10.0. The number of halogens is 1. The Balaban J connectivity index is 1.61. The third-order valence-corrected chi connectivity index (χ3v) is 6.61. The summed E-state index contributed by atoms with van der Waals surface area (Å²) in [6, 6.07) is 5.65. The molecular weight excluding hydrogens is 450 g/mol. The molecule has 0 radical (unpaired) electrons. The molecule has 172 valence electrons. The quantitative estimate of drug-likeness (QED) is 0.654. The van der Waals surface area contributed by atoms with E-state index in [-0.39, 0.29) is 11.6 Å². The Labute approximate surface area is 197 Å². The lowest BCUT2D eigenvalue weighted by molar-refractivity contribution is 0.140. The van der Waals surface area contributed by atoms with Crippen LogP contribution < -0.4 is 9.75 Å². The first kappa shape index (κ1) is 22.7. The van der Waals surface area contributed by atoms with Crippen LogP contribution in [0.1, 0.15) is 41.0 Å². The molecule has 1 aromatic carbocycles. The molecule has 32 heavy (non-hydrogen) atoms. The van der Waals surface area contributed by atoms with Gasteiger partial charge in [0.15, 0.2) is 0 Å². The lowest BCUT2D eigenvalue weighted by Gasteiger charge is -2.42. The molecule has 1 amide bonds. The number of aromatic nitrogens is 2. The van der Waals surface area contributed by atoms with Crippen LogP contribution in [0.3, 0.4) is 0 Å². The smallest absolute Gasteiger partial charge is 0.407 e. The number of anilines is 1. The van der Waals surface area contributed by atoms with Crippen LogP contribution in [-0.4, -0.2) is 62.6 Å². The zero-order valence-electron chi connectivity index (χ0n) is 18.9. The minimum absolute atomic E-state index is 0.0422. The third kappa shape index (κ3) is 4.36. The van der Waals surface area contributed by atoms with Crippen molar-refractivity contribution in [2.45, 2.75) is 52.7 Å². The van der Waals surface area contributed by atoms with Crippen LogP contribution in [-0.2, 0) is 0 Å². The second-order valence-electron chi connectivity index (χ2n) is 9.25. The Bertz CT molecular complexity index is 1060. The maximum atomic E-state index is 11.5. The number of amides is 1. The van der Waals surface area contributed by atoms with Gasteiger partial charge in [0.2, 0.25) is 5.13 Å². The molecule has 0 saturated heterocycles. The molecule has 0 saturated carbocycles. The van der Waals surface area contributed by atoms with Gasteiger partial charge in [-0.2, -0.15) is 0 Å². The van der Waals surface area contributed by atoms with E-state index in [1.165, 1.54) is 21.9 Å². The fourth-order valence-corrected chi connectivity index (χ4v) is 5.17. The minimum atomic E-state index is -0.878. The molecule has 0 fully saturated rings. The van der Waals surface area contributed by atoms with Crippen molar-refractivity contribution in [3.8, 4) is 16.3 Å². The molecule has 1 aromatic heterocycles. The second kappa shape index (κ2) is 8.44. The standard InChI is InChI=1S/C22H28ClN5O3S/c1-13(2)31-18-7-6-14(10-16(18)23)19-24-25-20(32-19)27-12-15-11-26(21(29)30)9-8-17(15)28(27)22(3,4)5/h6-7,10,13H,8-9,11-12H2,1-5H3,(H,29,30). The topological polar surface area (TPSA) is 82.0 Å². The highest BCUT2D eigenvalue weighted by atomic mass is 35.5. The van der Waals surface area contributed by atoms with E-state index in [0.717, 1.165) is 21.3 Å². The fraction of sp³-hybridized carbons (Fsp3) is 0.500. The molecule has 0 spiro atoms. The number of hydrogen-bond donors (Lipinski definition) is 1. The van der Waals surface area contributed by atoms with E-state index in [1.807, 2.05) is 32.0 Å². The molecule has 0 atom stereocenters. The van der Waals surface area contributed by atoms with Crippen molar-refractivity contribution < 1.29 is 14.6 Å². The zero-order valence-corrected chi connectivity index (χ0v) is 20.5. The van der Waals surface area contributed by atoms with Gasteiger partial charge in [-0.1, -0.05) is 22.9 Å². The van der Waals surface area contributed by atoms with Gasteiger partial charge in [0.05, 0.1) is 23.2 Å². The number of benzene rings is 1. The van der Waals surface area contributed by atoms with Crippen LogP contribution in [0.15, 0.2) is 29.5 Å². The fourth-order valence-electron chi connectivity index (χ4n) is 4.12. The maximum Gasteiger partial charge on any atom is 0.407 e. The number of hydrazine groups is 1. The molecule has 0 unspecified atom stereocenters. The highest BCUT2D eigenvalue weighted by Crippen LogP contribution is 2.41. The largest absolute Gasteiger partial charge is 0.489 e.